The van der Waals surface area contributed by atoms with Gasteiger partial charge in [0, 0.05) is 12.6 Å². The molecule has 0 aromatic carbocycles. The Hall–Kier alpha value is -1.05. The first kappa shape index (κ1) is 7.06. The average molecular weight is 137 g/mol. The number of ether oxygens (including phenoxy) is 1. The van der Waals surface area contributed by atoms with Crippen LogP contribution in [0, 0.1) is 0 Å². The van der Waals surface area contributed by atoms with Gasteiger partial charge in [0.05, 0.1) is 6.61 Å². The molecule has 1 rings (SSSR count). The summed E-state index contributed by atoms with van der Waals surface area (Å²) in [5, 5.41) is 0. The second-order valence-electron chi connectivity index (χ2n) is 1.93. The van der Waals surface area contributed by atoms with Crippen LogP contribution in [0.2, 0.25) is 0 Å². The van der Waals surface area contributed by atoms with Crippen LogP contribution in [0.25, 0.3) is 0 Å². The summed E-state index contributed by atoms with van der Waals surface area (Å²) in [6.07, 6.45) is 8.44. The fraction of sp³-hybridized carbons (Fsp3) is 0.375. The van der Waals surface area contributed by atoms with E-state index < -0.39 is 0 Å². The van der Waals surface area contributed by atoms with Gasteiger partial charge in [-0.2, -0.15) is 0 Å². The van der Waals surface area contributed by atoms with Gasteiger partial charge in [0.15, 0.2) is 5.90 Å². The molecule has 1 aliphatic heterocycles. The summed E-state index contributed by atoms with van der Waals surface area (Å²) in [7, 11) is 0. The van der Waals surface area contributed by atoms with Gasteiger partial charge in [0.2, 0.25) is 0 Å². The number of hydrogen-bond acceptors (Lipinski definition) is 2. The van der Waals surface area contributed by atoms with Crippen molar-refractivity contribution in [1.29, 1.82) is 0 Å². The molecule has 1 heterocycles. The Bertz CT molecular complexity index is 180. The molecule has 0 saturated heterocycles. The molecule has 0 atom stereocenters. The first-order valence-electron chi connectivity index (χ1n) is 3.44. The van der Waals surface area contributed by atoms with E-state index in [-0.39, 0.29) is 0 Å². The van der Waals surface area contributed by atoms with Crippen molar-refractivity contribution in [1.82, 2.24) is 0 Å². The largest absolute Gasteiger partial charge is 0.481 e. The summed E-state index contributed by atoms with van der Waals surface area (Å²) in [5.41, 5.74) is 0. The van der Waals surface area contributed by atoms with Crippen molar-refractivity contribution in [3.63, 3.8) is 0 Å². The summed E-state index contributed by atoms with van der Waals surface area (Å²) in [6.45, 7) is 2.65. The minimum absolute atomic E-state index is 0.695. The van der Waals surface area contributed by atoms with E-state index in [1.54, 1.807) is 6.20 Å². The van der Waals surface area contributed by atoms with Crippen LogP contribution >= 0.6 is 0 Å². The van der Waals surface area contributed by atoms with Crippen LogP contribution in [-0.2, 0) is 4.74 Å². The Labute approximate surface area is 60.9 Å². The molecular weight excluding hydrogens is 126 g/mol. The van der Waals surface area contributed by atoms with E-state index in [0.717, 1.165) is 12.3 Å². The molecule has 0 aliphatic carbocycles. The quantitative estimate of drug-likeness (QED) is 0.541. The van der Waals surface area contributed by atoms with E-state index in [1.165, 1.54) is 0 Å². The monoisotopic (exact) mass is 137 g/mol. The van der Waals surface area contributed by atoms with Crippen molar-refractivity contribution in [2.75, 3.05) is 6.61 Å². The summed E-state index contributed by atoms with van der Waals surface area (Å²) >= 11 is 0. The highest BCUT2D eigenvalue weighted by Crippen LogP contribution is 1.97. The van der Waals surface area contributed by atoms with E-state index in [1.807, 2.05) is 25.2 Å². The molecule has 0 aromatic rings. The van der Waals surface area contributed by atoms with Crippen LogP contribution < -0.4 is 0 Å². The molecule has 2 nitrogen and oxygen atoms in total. The number of nitrogens with zero attached hydrogens (tertiary/aromatic N) is 1. The van der Waals surface area contributed by atoms with Gasteiger partial charge in [0.25, 0.3) is 0 Å². The van der Waals surface area contributed by atoms with Crippen molar-refractivity contribution < 1.29 is 4.74 Å². The van der Waals surface area contributed by atoms with Crippen molar-refractivity contribution in [2.24, 2.45) is 4.99 Å². The van der Waals surface area contributed by atoms with Crippen molar-refractivity contribution in [3.05, 3.63) is 24.4 Å². The molecule has 0 radical (unpaired) electrons. The fourth-order valence-electron chi connectivity index (χ4n) is 0.739. The lowest BCUT2D eigenvalue weighted by molar-refractivity contribution is 0.321. The molecule has 0 unspecified atom stereocenters. The molecule has 54 valence electrons. The van der Waals surface area contributed by atoms with E-state index in [4.69, 9.17) is 4.74 Å². The first-order valence-corrected chi connectivity index (χ1v) is 3.44. The Kier molecular flexibility index (Phi) is 2.74. The second kappa shape index (κ2) is 3.88. The van der Waals surface area contributed by atoms with Crippen LogP contribution in [0.3, 0.4) is 0 Å². The van der Waals surface area contributed by atoms with Gasteiger partial charge in [-0.05, 0) is 13.0 Å². The lowest BCUT2D eigenvalue weighted by atomic mass is 10.4. The van der Waals surface area contributed by atoms with Gasteiger partial charge >= 0.3 is 0 Å². The Morgan fingerprint density at radius 2 is 2.50 bits per heavy atom. The third-order valence-corrected chi connectivity index (χ3v) is 1.16. The highest BCUT2D eigenvalue weighted by Gasteiger charge is 1.94. The van der Waals surface area contributed by atoms with Crippen LogP contribution in [0.5, 0.6) is 0 Å². The highest BCUT2D eigenvalue weighted by atomic mass is 16.5. The third kappa shape index (κ3) is 2.05. The number of rotatable bonds is 1. The Morgan fingerprint density at radius 3 is 3.30 bits per heavy atom. The molecule has 1 aliphatic rings. The molecule has 2 heteroatoms. The zero-order chi connectivity index (χ0) is 7.23. The van der Waals surface area contributed by atoms with Crippen LogP contribution in [0.1, 0.15) is 13.3 Å². The van der Waals surface area contributed by atoms with Crippen LogP contribution in [0.4, 0.5) is 0 Å². The molecule has 0 bridgehead atoms. The smallest absolute Gasteiger partial charge is 0.191 e. The normalized spacial score (nSPS) is 16.3. The minimum Gasteiger partial charge on any atom is -0.481 e. The van der Waals surface area contributed by atoms with Crippen molar-refractivity contribution >= 4 is 5.90 Å². The summed E-state index contributed by atoms with van der Waals surface area (Å²) in [5.74, 6) is 0.799. The highest BCUT2D eigenvalue weighted by molar-refractivity contribution is 5.78. The third-order valence-electron chi connectivity index (χ3n) is 1.16. The fourth-order valence-corrected chi connectivity index (χ4v) is 0.739. The Morgan fingerprint density at radius 1 is 1.60 bits per heavy atom. The molecule has 0 N–H and O–H groups in total. The maximum absolute atomic E-state index is 5.21. The van der Waals surface area contributed by atoms with Gasteiger partial charge in [0.1, 0.15) is 0 Å². The SMILES string of the molecule is CCOC1=NC=CC=CC1. The standard InChI is InChI=1S/C8H11NO/c1-2-10-8-6-4-3-5-7-9-8/h3-5,7H,2,6H2,1H3. The lowest BCUT2D eigenvalue weighted by Crippen LogP contribution is -2.01. The second-order valence-corrected chi connectivity index (χ2v) is 1.93. The number of allylic oxidation sites excluding steroid dienone is 2. The van der Waals surface area contributed by atoms with Gasteiger partial charge in [-0.1, -0.05) is 12.2 Å². The van der Waals surface area contributed by atoms with E-state index >= 15 is 0 Å². The summed E-state index contributed by atoms with van der Waals surface area (Å²) in [6, 6.07) is 0. The topological polar surface area (TPSA) is 21.6 Å². The lowest BCUT2D eigenvalue weighted by Gasteiger charge is -2.00. The van der Waals surface area contributed by atoms with Crippen molar-refractivity contribution in [2.45, 2.75) is 13.3 Å². The van der Waals surface area contributed by atoms with E-state index in [0.29, 0.717) is 6.61 Å². The molecule has 0 aromatic heterocycles. The Balaban J connectivity index is 2.50. The number of hydrogen-bond donors (Lipinski definition) is 0. The predicted molar refractivity (Wildman–Crippen MR) is 42.0 cm³/mol. The van der Waals surface area contributed by atoms with E-state index in [2.05, 4.69) is 4.99 Å². The molecule has 0 amide bonds. The first-order chi connectivity index (χ1) is 4.93. The number of aliphatic imine (C=N–C) groups is 1. The van der Waals surface area contributed by atoms with Gasteiger partial charge < -0.3 is 4.74 Å². The van der Waals surface area contributed by atoms with Crippen LogP contribution in [-0.4, -0.2) is 12.5 Å². The van der Waals surface area contributed by atoms with Crippen LogP contribution in [0.15, 0.2) is 29.4 Å². The zero-order valence-electron chi connectivity index (χ0n) is 6.08. The summed E-state index contributed by atoms with van der Waals surface area (Å²) in [4.78, 5) is 4.06. The molecule has 0 saturated carbocycles. The maximum atomic E-state index is 5.21. The zero-order valence-corrected chi connectivity index (χ0v) is 6.08. The van der Waals surface area contributed by atoms with Gasteiger partial charge in [-0.25, -0.2) is 4.99 Å². The van der Waals surface area contributed by atoms with Gasteiger partial charge in [-0.15, -0.1) is 0 Å². The van der Waals surface area contributed by atoms with E-state index in [9.17, 15) is 0 Å². The van der Waals surface area contributed by atoms with Crippen molar-refractivity contribution in [3.8, 4) is 0 Å². The molecule has 10 heavy (non-hydrogen) atoms. The molecule has 0 fully saturated rings. The molecule has 0 spiro atoms. The maximum Gasteiger partial charge on any atom is 0.191 e. The minimum atomic E-state index is 0.695. The summed E-state index contributed by atoms with van der Waals surface area (Å²) < 4.78 is 5.21. The van der Waals surface area contributed by atoms with Gasteiger partial charge in [-0.3, -0.25) is 0 Å². The molecular formula is C8H11NO. The average Bonchev–Trinajstić information content (AvgIpc) is 2.17. The predicted octanol–water partition coefficient (Wildman–Crippen LogP) is 1.90.